The van der Waals surface area contributed by atoms with Gasteiger partial charge in [-0.2, -0.15) is 0 Å². The molecule has 0 bridgehead atoms. The molecular weight excluding hydrogens is 442 g/mol. The van der Waals surface area contributed by atoms with Crippen LogP contribution in [0.5, 0.6) is 11.5 Å². The number of carbonyl (C=O) groups excluding carboxylic acids is 2. The summed E-state index contributed by atoms with van der Waals surface area (Å²) in [5, 5.41) is 13.8. The topological polar surface area (TPSA) is 117 Å². The summed E-state index contributed by atoms with van der Waals surface area (Å²) in [6.45, 7) is 2.65. The first-order valence-corrected chi connectivity index (χ1v) is 11.0. The van der Waals surface area contributed by atoms with Crippen LogP contribution in [0.3, 0.4) is 0 Å². The van der Waals surface area contributed by atoms with Gasteiger partial charge in [0.25, 0.3) is 5.69 Å². The summed E-state index contributed by atoms with van der Waals surface area (Å²) in [7, 11) is 3.09. The van der Waals surface area contributed by atoms with Crippen LogP contribution in [0.4, 0.5) is 21.9 Å². The highest BCUT2D eigenvalue weighted by molar-refractivity contribution is 5.97. The number of nitrogens with one attached hydrogen (secondary N) is 1. The van der Waals surface area contributed by atoms with E-state index in [2.05, 4.69) is 10.2 Å². The summed E-state index contributed by atoms with van der Waals surface area (Å²) in [5.74, 6) is 1.04. The van der Waals surface area contributed by atoms with Crippen LogP contribution in [0.15, 0.2) is 42.5 Å². The largest absolute Gasteiger partial charge is 0.493 e. The number of amides is 3. The molecule has 0 radical (unpaired) electrons. The van der Waals surface area contributed by atoms with Crippen LogP contribution >= 0.6 is 0 Å². The van der Waals surface area contributed by atoms with E-state index < -0.39 is 4.92 Å². The summed E-state index contributed by atoms with van der Waals surface area (Å²) >= 11 is 0. The van der Waals surface area contributed by atoms with Crippen molar-refractivity contribution in [1.82, 2.24) is 10.2 Å². The van der Waals surface area contributed by atoms with Crippen molar-refractivity contribution in [2.45, 2.75) is 12.5 Å². The van der Waals surface area contributed by atoms with Crippen LogP contribution in [-0.2, 0) is 4.79 Å². The quantitative estimate of drug-likeness (QED) is 0.509. The Hall–Kier alpha value is -4.02. The van der Waals surface area contributed by atoms with Crippen molar-refractivity contribution in [2.24, 2.45) is 0 Å². The Bertz CT molecular complexity index is 1070. The molecule has 2 aliphatic rings. The molecule has 180 valence electrons. The van der Waals surface area contributed by atoms with E-state index in [0.717, 1.165) is 5.69 Å². The van der Waals surface area contributed by atoms with Crippen LogP contribution in [0.1, 0.15) is 6.42 Å². The van der Waals surface area contributed by atoms with Gasteiger partial charge in [0.15, 0.2) is 11.5 Å². The molecule has 2 fully saturated rings. The van der Waals surface area contributed by atoms with Crippen molar-refractivity contribution in [3.63, 3.8) is 0 Å². The molecule has 1 atom stereocenters. The van der Waals surface area contributed by atoms with Crippen molar-refractivity contribution in [3.8, 4) is 11.5 Å². The summed E-state index contributed by atoms with van der Waals surface area (Å²) < 4.78 is 10.6. The average Bonchev–Trinajstić information content (AvgIpc) is 3.23. The van der Waals surface area contributed by atoms with Crippen molar-refractivity contribution in [3.05, 3.63) is 52.6 Å². The lowest BCUT2D eigenvalue weighted by Crippen LogP contribution is -2.53. The van der Waals surface area contributed by atoms with Crippen LogP contribution in [0, 0.1) is 10.1 Å². The van der Waals surface area contributed by atoms with E-state index in [-0.39, 0.29) is 30.1 Å². The second-order valence-electron chi connectivity index (χ2n) is 8.14. The number of urea groups is 1. The molecule has 4 rings (SSSR count). The van der Waals surface area contributed by atoms with Gasteiger partial charge in [0.1, 0.15) is 0 Å². The molecule has 2 saturated heterocycles. The van der Waals surface area contributed by atoms with Gasteiger partial charge in [-0.25, -0.2) is 4.79 Å². The highest BCUT2D eigenvalue weighted by Gasteiger charge is 2.33. The Morgan fingerprint density at radius 3 is 2.26 bits per heavy atom. The molecule has 0 saturated carbocycles. The minimum atomic E-state index is -0.425. The van der Waals surface area contributed by atoms with Gasteiger partial charge in [0.2, 0.25) is 5.91 Å². The minimum absolute atomic E-state index is 0.0509. The second-order valence-corrected chi connectivity index (χ2v) is 8.14. The van der Waals surface area contributed by atoms with Gasteiger partial charge in [-0.15, -0.1) is 0 Å². The first-order valence-electron chi connectivity index (χ1n) is 11.0. The number of hydrogen-bond donors (Lipinski definition) is 1. The van der Waals surface area contributed by atoms with Crippen molar-refractivity contribution < 1.29 is 24.0 Å². The van der Waals surface area contributed by atoms with E-state index in [0.29, 0.717) is 49.9 Å². The highest BCUT2D eigenvalue weighted by Crippen LogP contribution is 2.33. The fourth-order valence-corrected chi connectivity index (χ4v) is 4.27. The molecule has 1 unspecified atom stereocenters. The number of anilines is 2. The molecule has 2 heterocycles. The van der Waals surface area contributed by atoms with E-state index in [4.69, 9.17) is 9.47 Å². The number of rotatable bonds is 6. The van der Waals surface area contributed by atoms with Gasteiger partial charge in [0, 0.05) is 68.7 Å². The maximum absolute atomic E-state index is 12.8. The highest BCUT2D eigenvalue weighted by atomic mass is 16.6. The van der Waals surface area contributed by atoms with Gasteiger partial charge >= 0.3 is 6.03 Å². The zero-order chi connectivity index (χ0) is 24.2. The molecule has 2 aromatic rings. The number of carbonyl (C=O) groups is 2. The third-order valence-electron chi connectivity index (χ3n) is 6.12. The number of non-ortho nitro benzene ring substituents is 1. The second kappa shape index (κ2) is 9.86. The summed E-state index contributed by atoms with van der Waals surface area (Å²) in [6.07, 6.45) is 0.225. The number of hydrogen-bond acceptors (Lipinski definition) is 7. The third-order valence-corrected chi connectivity index (χ3v) is 6.12. The molecule has 3 amide bonds. The average molecular weight is 469 g/mol. The van der Waals surface area contributed by atoms with Crippen molar-refractivity contribution >= 4 is 29.0 Å². The summed E-state index contributed by atoms with van der Waals surface area (Å²) in [4.78, 5) is 41.3. The Labute approximate surface area is 197 Å². The zero-order valence-electron chi connectivity index (χ0n) is 19.1. The van der Waals surface area contributed by atoms with Crippen LogP contribution < -0.4 is 24.6 Å². The lowest BCUT2D eigenvalue weighted by molar-refractivity contribution is -0.384. The minimum Gasteiger partial charge on any atom is -0.493 e. The summed E-state index contributed by atoms with van der Waals surface area (Å²) in [5.41, 5.74) is 1.63. The molecule has 2 aromatic carbocycles. The van der Waals surface area contributed by atoms with E-state index in [1.807, 2.05) is 0 Å². The van der Waals surface area contributed by atoms with Gasteiger partial charge in [-0.1, -0.05) is 0 Å². The van der Waals surface area contributed by atoms with Crippen molar-refractivity contribution in [1.29, 1.82) is 0 Å². The Kier molecular flexibility index (Phi) is 6.71. The first kappa shape index (κ1) is 23.1. The van der Waals surface area contributed by atoms with Gasteiger partial charge in [0.05, 0.1) is 25.2 Å². The third kappa shape index (κ3) is 4.82. The van der Waals surface area contributed by atoms with Gasteiger partial charge in [-0.05, 0) is 24.3 Å². The SMILES string of the molecule is COc1ccc(N2CC(NC(=O)N3CCN(c4ccc([N+](=O)[O-])cc4)CC3)CC2=O)cc1OC. The number of ether oxygens (including phenoxy) is 2. The van der Waals surface area contributed by atoms with E-state index in [1.165, 1.54) is 19.2 Å². The van der Waals surface area contributed by atoms with E-state index in [9.17, 15) is 19.7 Å². The lowest BCUT2D eigenvalue weighted by Gasteiger charge is -2.36. The van der Waals surface area contributed by atoms with Crippen LogP contribution in [0.25, 0.3) is 0 Å². The molecule has 34 heavy (non-hydrogen) atoms. The number of methoxy groups -OCH3 is 2. The lowest BCUT2D eigenvalue weighted by atomic mass is 10.2. The predicted molar refractivity (Wildman–Crippen MR) is 126 cm³/mol. The number of nitro benzene ring substituents is 1. The molecule has 0 aliphatic carbocycles. The monoisotopic (exact) mass is 469 g/mol. The Morgan fingerprint density at radius 2 is 1.65 bits per heavy atom. The first-order chi connectivity index (χ1) is 16.4. The van der Waals surface area contributed by atoms with Gasteiger partial charge < -0.3 is 29.5 Å². The Morgan fingerprint density at radius 1 is 1.00 bits per heavy atom. The normalized spacial score (nSPS) is 18.1. The number of nitrogens with zero attached hydrogens (tertiary/aromatic N) is 4. The molecular formula is C23H27N5O6. The molecule has 0 aromatic heterocycles. The molecule has 1 N–H and O–H groups in total. The molecule has 11 heteroatoms. The van der Waals surface area contributed by atoms with Crippen molar-refractivity contribution in [2.75, 3.05) is 56.7 Å². The number of nitro groups is 1. The van der Waals surface area contributed by atoms with Crippen LogP contribution in [0.2, 0.25) is 0 Å². The predicted octanol–water partition coefficient (Wildman–Crippen LogP) is 2.25. The molecule has 0 spiro atoms. The Balaban J connectivity index is 1.31. The standard InChI is InChI=1S/C23H27N5O6/c1-33-20-8-7-19(14-21(20)34-2)27-15-16(13-22(27)29)24-23(30)26-11-9-25(10-12-26)17-3-5-18(6-4-17)28(31)32/h3-8,14,16H,9-13,15H2,1-2H3,(H,24,30). The fraction of sp³-hybridized carbons (Fsp3) is 0.391. The van der Waals surface area contributed by atoms with Crippen LogP contribution in [-0.4, -0.2) is 74.7 Å². The van der Waals surface area contributed by atoms with E-state index >= 15 is 0 Å². The van der Waals surface area contributed by atoms with Gasteiger partial charge in [-0.3, -0.25) is 14.9 Å². The number of piperazine rings is 1. The molecule has 11 nitrogen and oxygen atoms in total. The maximum atomic E-state index is 12.8. The summed E-state index contributed by atoms with van der Waals surface area (Å²) in [6, 6.07) is 11.2. The number of benzene rings is 2. The van der Waals surface area contributed by atoms with E-state index in [1.54, 1.807) is 47.2 Å². The maximum Gasteiger partial charge on any atom is 0.317 e. The fourth-order valence-electron chi connectivity index (χ4n) is 4.27. The zero-order valence-corrected chi connectivity index (χ0v) is 19.1. The smallest absolute Gasteiger partial charge is 0.317 e. The molecule has 2 aliphatic heterocycles.